The van der Waals surface area contributed by atoms with Crippen molar-refractivity contribution in [3.8, 4) is 0 Å². The monoisotopic (exact) mass is 219 g/mol. The van der Waals surface area contributed by atoms with Crippen LogP contribution in [0.2, 0.25) is 0 Å². The van der Waals surface area contributed by atoms with Crippen LogP contribution in [0.3, 0.4) is 0 Å². The van der Waals surface area contributed by atoms with Gasteiger partial charge in [-0.25, -0.2) is 4.98 Å². The molecule has 0 aliphatic carbocycles. The summed E-state index contributed by atoms with van der Waals surface area (Å²) in [6, 6.07) is 3.36. The van der Waals surface area contributed by atoms with Crippen LogP contribution >= 0.6 is 0 Å². The first-order chi connectivity index (χ1) is 7.52. The molecule has 1 rings (SSSR count). The third kappa shape index (κ3) is 2.91. The topological polar surface area (TPSA) is 88.6 Å². The summed E-state index contributed by atoms with van der Waals surface area (Å²) in [6.45, 7) is 2.78. The van der Waals surface area contributed by atoms with Crippen molar-refractivity contribution in [2.24, 2.45) is 4.99 Å². The van der Waals surface area contributed by atoms with Gasteiger partial charge in [0.25, 0.3) is 0 Å². The molecule has 0 saturated carbocycles. The lowest BCUT2D eigenvalue weighted by Crippen LogP contribution is -2.01. The number of aliphatic imine (C=N–C) groups is 1. The zero-order valence-electron chi connectivity index (χ0n) is 9.14. The molecule has 84 valence electrons. The molecule has 3 N–H and O–H groups in total. The average molecular weight is 219 g/mol. The number of hydrogen-bond acceptors (Lipinski definition) is 5. The molecule has 0 fully saturated rings. The Labute approximate surface area is 93.3 Å². The number of carbonyl (C=O) groups excluding carboxylic acids is 1. The fraction of sp³-hybridized carbons (Fsp3) is 0.182. The lowest BCUT2D eigenvalue weighted by Gasteiger charge is -1.99. The molecule has 5 nitrogen and oxygen atoms in total. The first-order valence-electron chi connectivity index (χ1n) is 4.67. The predicted octanol–water partition coefficient (Wildman–Crippen LogP) is 1.79. The maximum absolute atomic E-state index is 11.1. The van der Waals surface area contributed by atoms with E-state index in [1.54, 1.807) is 18.3 Å². The second-order valence-corrected chi connectivity index (χ2v) is 3.22. The van der Waals surface area contributed by atoms with Crippen molar-refractivity contribution >= 4 is 23.5 Å². The summed E-state index contributed by atoms with van der Waals surface area (Å²) in [5, 5.41) is 9.25. The summed E-state index contributed by atoms with van der Waals surface area (Å²) in [5.41, 5.74) is 6.19. The molecular weight excluding hydrogens is 206 g/mol. The van der Waals surface area contributed by atoms with E-state index in [2.05, 4.69) is 9.98 Å². The predicted molar refractivity (Wildman–Crippen MR) is 62.8 cm³/mol. The lowest BCUT2D eigenvalue weighted by atomic mass is 10.2. The number of Topliss-reactive ketones (excluding diaryl/α,β-unsaturated/α-hetero) is 1. The molecule has 0 aliphatic rings. The number of aliphatic hydroxyl groups is 1. The first kappa shape index (κ1) is 11.9. The van der Waals surface area contributed by atoms with E-state index in [4.69, 9.17) is 5.73 Å². The number of anilines is 1. The minimum atomic E-state index is -0.258. The molecule has 0 aliphatic heterocycles. The van der Waals surface area contributed by atoms with Crippen molar-refractivity contribution in [1.29, 1.82) is 0 Å². The molecule has 0 unspecified atom stereocenters. The molecule has 0 spiro atoms. The number of hydrogen-bond donors (Lipinski definition) is 2. The quantitative estimate of drug-likeness (QED) is 0.460. The van der Waals surface area contributed by atoms with Crippen LogP contribution in [0, 0.1) is 0 Å². The van der Waals surface area contributed by atoms with Gasteiger partial charge < -0.3 is 10.8 Å². The summed E-state index contributed by atoms with van der Waals surface area (Å²) < 4.78 is 0. The van der Waals surface area contributed by atoms with Crippen LogP contribution in [0.5, 0.6) is 0 Å². The Hall–Kier alpha value is -2.17. The molecule has 0 aromatic carbocycles. The van der Waals surface area contributed by atoms with Gasteiger partial charge in [0.2, 0.25) is 0 Å². The van der Waals surface area contributed by atoms with E-state index < -0.39 is 0 Å². The third-order valence-corrected chi connectivity index (χ3v) is 1.92. The Bertz CT molecular complexity index is 460. The van der Waals surface area contributed by atoms with Crippen LogP contribution < -0.4 is 5.73 Å². The van der Waals surface area contributed by atoms with E-state index >= 15 is 0 Å². The summed E-state index contributed by atoms with van der Waals surface area (Å²) >= 11 is 0. The van der Waals surface area contributed by atoms with Gasteiger partial charge in [-0.2, -0.15) is 0 Å². The van der Waals surface area contributed by atoms with E-state index in [9.17, 15) is 9.90 Å². The Balaban J connectivity index is 3.02. The standard InChI is InChI=1S/C11H13N3O2/c1-7(15)9(8(2)16)6-14-10-4-3-5-13-11(10)12/h3-6,15H,1-2H3,(H2,12,13). The maximum atomic E-state index is 11.1. The molecule has 0 amide bonds. The molecule has 0 saturated heterocycles. The van der Waals surface area contributed by atoms with Gasteiger partial charge in [-0.05, 0) is 26.0 Å². The van der Waals surface area contributed by atoms with Crippen molar-refractivity contribution in [3.63, 3.8) is 0 Å². The number of aromatic nitrogens is 1. The average Bonchev–Trinajstić information content (AvgIpc) is 2.20. The van der Waals surface area contributed by atoms with Gasteiger partial charge in [-0.1, -0.05) is 0 Å². The fourth-order valence-electron chi connectivity index (χ4n) is 1.09. The van der Waals surface area contributed by atoms with Crippen molar-refractivity contribution in [3.05, 3.63) is 29.7 Å². The van der Waals surface area contributed by atoms with E-state index in [0.29, 0.717) is 5.69 Å². The molecule has 0 bridgehead atoms. The zero-order chi connectivity index (χ0) is 12.1. The van der Waals surface area contributed by atoms with Gasteiger partial charge in [-0.3, -0.25) is 9.79 Å². The molecule has 1 heterocycles. The van der Waals surface area contributed by atoms with Gasteiger partial charge in [0.1, 0.15) is 17.3 Å². The van der Waals surface area contributed by atoms with Crippen molar-refractivity contribution in [2.45, 2.75) is 13.8 Å². The van der Waals surface area contributed by atoms with Crippen molar-refractivity contribution in [2.75, 3.05) is 5.73 Å². The number of nitrogens with zero attached hydrogens (tertiary/aromatic N) is 2. The number of pyridine rings is 1. The lowest BCUT2D eigenvalue weighted by molar-refractivity contribution is -0.113. The van der Waals surface area contributed by atoms with Crippen molar-refractivity contribution < 1.29 is 9.90 Å². The number of nitrogens with two attached hydrogens (primary N) is 1. The molecule has 5 heteroatoms. The van der Waals surface area contributed by atoms with Crippen LogP contribution in [0.1, 0.15) is 13.8 Å². The van der Waals surface area contributed by atoms with Crippen LogP contribution in [-0.2, 0) is 4.79 Å². The molecule has 1 aromatic heterocycles. The van der Waals surface area contributed by atoms with Crippen LogP contribution in [0.25, 0.3) is 0 Å². The minimum Gasteiger partial charge on any atom is -0.512 e. The highest BCUT2D eigenvalue weighted by molar-refractivity contribution is 6.13. The van der Waals surface area contributed by atoms with Gasteiger partial charge in [0.15, 0.2) is 5.78 Å². The van der Waals surface area contributed by atoms with E-state index in [1.165, 1.54) is 20.1 Å². The summed E-state index contributed by atoms with van der Waals surface area (Å²) in [5.74, 6) is -0.0535. The second-order valence-electron chi connectivity index (χ2n) is 3.22. The Morgan fingerprint density at radius 2 is 2.25 bits per heavy atom. The molecule has 1 aromatic rings. The zero-order valence-corrected chi connectivity index (χ0v) is 9.14. The highest BCUT2D eigenvalue weighted by Gasteiger charge is 2.05. The first-order valence-corrected chi connectivity index (χ1v) is 4.67. The maximum Gasteiger partial charge on any atom is 0.164 e. The van der Waals surface area contributed by atoms with Crippen molar-refractivity contribution in [1.82, 2.24) is 4.98 Å². The molecule has 0 atom stereocenters. The van der Waals surface area contributed by atoms with Gasteiger partial charge >= 0.3 is 0 Å². The Morgan fingerprint density at radius 3 is 2.75 bits per heavy atom. The van der Waals surface area contributed by atoms with Crippen LogP contribution in [0.4, 0.5) is 11.5 Å². The largest absolute Gasteiger partial charge is 0.512 e. The summed E-state index contributed by atoms with van der Waals surface area (Å²) in [6.07, 6.45) is 2.83. The smallest absolute Gasteiger partial charge is 0.164 e. The van der Waals surface area contributed by atoms with Crippen LogP contribution in [0.15, 0.2) is 34.7 Å². The SMILES string of the molecule is CC(=O)C(C=Nc1cccnc1N)=C(C)O. The molecule has 16 heavy (non-hydrogen) atoms. The number of carbonyl (C=O) groups is 1. The number of rotatable bonds is 3. The number of nitrogen functional groups attached to an aromatic ring is 1. The number of ketones is 1. The van der Waals surface area contributed by atoms with Gasteiger partial charge in [-0.15, -0.1) is 0 Å². The van der Waals surface area contributed by atoms with Gasteiger partial charge in [0.05, 0.1) is 5.57 Å². The molecular formula is C11H13N3O2. The molecule has 0 radical (unpaired) electrons. The summed E-state index contributed by atoms with van der Waals surface area (Å²) in [4.78, 5) is 19.0. The highest BCUT2D eigenvalue weighted by atomic mass is 16.3. The normalized spacial score (nSPS) is 12.6. The summed E-state index contributed by atoms with van der Waals surface area (Å²) in [7, 11) is 0. The van der Waals surface area contributed by atoms with Crippen LogP contribution in [-0.4, -0.2) is 22.1 Å². The number of aliphatic hydroxyl groups excluding tert-OH is 1. The Kier molecular flexibility index (Phi) is 3.77. The van der Waals surface area contributed by atoms with E-state index in [0.717, 1.165) is 0 Å². The Morgan fingerprint density at radius 1 is 1.56 bits per heavy atom. The third-order valence-electron chi connectivity index (χ3n) is 1.92. The minimum absolute atomic E-state index is 0.0706. The van der Waals surface area contributed by atoms with E-state index in [1.807, 2.05) is 0 Å². The highest BCUT2D eigenvalue weighted by Crippen LogP contribution is 2.17. The van der Waals surface area contributed by atoms with Gasteiger partial charge in [0, 0.05) is 12.4 Å². The number of allylic oxidation sites excluding steroid dienone is 2. The fourth-order valence-corrected chi connectivity index (χ4v) is 1.09. The van der Waals surface area contributed by atoms with E-state index in [-0.39, 0.29) is 22.9 Å². The second kappa shape index (κ2) is 5.06.